The minimum Gasteiger partial charge on any atom is -0.455 e. The lowest BCUT2D eigenvalue weighted by Crippen LogP contribution is -2.49. The highest BCUT2D eigenvalue weighted by Gasteiger charge is 2.56. The number of amides is 1. The lowest BCUT2D eigenvalue weighted by Gasteiger charge is -2.27. The summed E-state index contributed by atoms with van der Waals surface area (Å²) < 4.78 is 60.1. The Balaban J connectivity index is 1.44. The van der Waals surface area contributed by atoms with Crippen LogP contribution in [0.4, 0.5) is 11.6 Å². The van der Waals surface area contributed by atoms with Gasteiger partial charge in [0.25, 0.3) is 0 Å². The number of nitrogen functional groups attached to an aromatic ring is 2. The first-order valence-corrected chi connectivity index (χ1v) is 20.5. The zero-order chi connectivity index (χ0) is 42.5. The van der Waals surface area contributed by atoms with E-state index in [1.54, 1.807) is 0 Å². The molecule has 0 spiro atoms. The van der Waals surface area contributed by atoms with Gasteiger partial charge in [0.1, 0.15) is 47.7 Å². The predicted molar refractivity (Wildman–Crippen MR) is 194 cm³/mol. The standard InChI is InChI=1S/C30H43N9O17P2/c1-3-4-5-19(41)36-15(9-51-8-14(2)40)29(44)56-23-16(54-27(21(23)42)39-13-35-20-25(32)33-12-34-26(20)39)10-52-57(46,47)24-17(11-53-58(48,49)50)55-28(22(24)43)38-7-6-18(31)37-30(38)45/h3,6-7,12-17,21-24,27-28,40,42-43H,1,4-5,8-11H2,2H3,(H,36,41)(H,46,47)(H2,31,37,45)(H2,32,33,34)(H2,48,49,50)/t14-,15-,16+,17+,21+,22+,23+,24+,27+,28+/m0/s1. The summed E-state index contributed by atoms with van der Waals surface area (Å²) in [6, 6.07) is -0.347. The Morgan fingerprint density at radius 1 is 1.03 bits per heavy atom. The number of allylic oxidation sites excluding steroid dienone is 1. The van der Waals surface area contributed by atoms with E-state index in [-0.39, 0.29) is 42.2 Å². The molecule has 0 saturated carbocycles. The van der Waals surface area contributed by atoms with Crippen LogP contribution in [-0.2, 0) is 46.7 Å². The molecule has 1 amide bonds. The Labute approximate surface area is 327 Å². The van der Waals surface area contributed by atoms with Crippen LogP contribution in [0.2, 0.25) is 0 Å². The van der Waals surface area contributed by atoms with Crippen LogP contribution in [0, 0.1) is 0 Å². The molecule has 3 aromatic heterocycles. The fourth-order valence-corrected chi connectivity index (χ4v) is 8.07. The van der Waals surface area contributed by atoms with Crippen LogP contribution in [-0.4, -0.2) is 146 Å². The van der Waals surface area contributed by atoms with Gasteiger partial charge < -0.3 is 70.3 Å². The molecule has 3 aromatic rings. The number of nitrogens with one attached hydrogen (secondary N) is 1. The summed E-state index contributed by atoms with van der Waals surface area (Å²) in [6.07, 6.45) is -8.25. The van der Waals surface area contributed by atoms with Crippen LogP contribution in [0.5, 0.6) is 0 Å². The maximum absolute atomic E-state index is 14.0. The highest BCUT2D eigenvalue weighted by atomic mass is 31.2. The van der Waals surface area contributed by atoms with Crippen molar-refractivity contribution in [3.8, 4) is 0 Å². The lowest BCUT2D eigenvalue weighted by molar-refractivity contribution is -0.162. The molecule has 58 heavy (non-hydrogen) atoms. The lowest BCUT2D eigenvalue weighted by atomic mass is 10.1. The second kappa shape index (κ2) is 18.8. The van der Waals surface area contributed by atoms with E-state index < -0.39 is 114 Å². The molecule has 5 rings (SSSR count). The van der Waals surface area contributed by atoms with E-state index in [9.17, 15) is 53.5 Å². The summed E-state index contributed by atoms with van der Waals surface area (Å²) in [4.78, 5) is 84.5. The van der Waals surface area contributed by atoms with Crippen molar-refractivity contribution in [1.29, 1.82) is 0 Å². The van der Waals surface area contributed by atoms with Gasteiger partial charge in [-0.2, -0.15) is 4.98 Å². The minimum absolute atomic E-state index is 0.0301. The van der Waals surface area contributed by atoms with E-state index in [0.29, 0.717) is 4.57 Å². The van der Waals surface area contributed by atoms with Gasteiger partial charge in [-0.3, -0.25) is 23.0 Å². The van der Waals surface area contributed by atoms with E-state index >= 15 is 0 Å². The Hall–Kier alpha value is -4.27. The summed E-state index contributed by atoms with van der Waals surface area (Å²) in [7, 11) is -10.5. The number of nitrogens with two attached hydrogens (primary N) is 2. The molecule has 2 aliphatic rings. The fraction of sp³-hybridized carbons (Fsp3) is 0.567. The topological polar surface area (TPSA) is 388 Å². The minimum atomic E-state index is -5.28. The van der Waals surface area contributed by atoms with Gasteiger partial charge >= 0.3 is 27.1 Å². The molecule has 5 heterocycles. The van der Waals surface area contributed by atoms with E-state index in [0.717, 1.165) is 18.6 Å². The molecule has 0 aliphatic carbocycles. The van der Waals surface area contributed by atoms with Gasteiger partial charge in [0.05, 0.1) is 38.9 Å². The van der Waals surface area contributed by atoms with Gasteiger partial charge in [-0.1, -0.05) is 6.08 Å². The third kappa shape index (κ3) is 10.7. The molecule has 320 valence electrons. The predicted octanol–water partition coefficient (Wildman–Crippen LogP) is -2.80. The maximum Gasteiger partial charge on any atom is 0.469 e. The Bertz CT molecular complexity index is 2100. The molecule has 2 aliphatic heterocycles. The smallest absolute Gasteiger partial charge is 0.455 e. The number of fused-ring (bicyclic) bond motifs is 1. The van der Waals surface area contributed by atoms with Crippen molar-refractivity contribution in [3.05, 3.63) is 48.1 Å². The van der Waals surface area contributed by atoms with E-state index in [2.05, 4.69) is 36.4 Å². The molecule has 0 radical (unpaired) electrons. The molecule has 11 N–H and O–H groups in total. The Morgan fingerprint density at radius 3 is 2.40 bits per heavy atom. The molecule has 0 aromatic carbocycles. The van der Waals surface area contributed by atoms with Gasteiger partial charge in [0.2, 0.25) is 5.91 Å². The summed E-state index contributed by atoms with van der Waals surface area (Å²) >= 11 is 0. The molecular formula is C30H43N9O17P2. The average Bonchev–Trinajstić information content (AvgIpc) is 3.82. The van der Waals surface area contributed by atoms with E-state index in [1.165, 1.54) is 23.9 Å². The number of phosphoric acid groups is 1. The number of aliphatic hydroxyl groups excluding tert-OH is 3. The number of aliphatic hydroxyl groups is 3. The zero-order valence-corrected chi connectivity index (χ0v) is 32.3. The number of ether oxygens (including phenoxy) is 4. The first-order valence-electron chi connectivity index (χ1n) is 17.3. The number of imidazole rings is 1. The Kier molecular flexibility index (Phi) is 14.5. The summed E-state index contributed by atoms with van der Waals surface area (Å²) in [6.45, 7) is 2.19. The van der Waals surface area contributed by atoms with Gasteiger partial charge in [0.15, 0.2) is 36.1 Å². The molecule has 2 saturated heterocycles. The van der Waals surface area contributed by atoms with Crippen molar-refractivity contribution in [1.82, 2.24) is 34.4 Å². The van der Waals surface area contributed by atoms with Crippen molar-refractivity contribution < 1.29 is 76.7 Å². The number of rotatable bonds is 19. The van der Waals surface area contributed by atoms with Crippen molar-refractivity contribution >= 4 is 50.1 Å². The first-order chi connectivity index (χ1) is 27.3. The number of carbonyl (C=O) groups excluding carboxylic acids is 2. The van der Waals surface area contributed by atoms with Crippen LogP contribution in [0.3, 0.4) is 0 Å². The summed E-state index contributed by atoms with van der Waals surface area (Å²) in [5.41, 5.74) is 8.51. The van der Waals surface area contributed by atoms with Crippen LogP contribution in [0.25, 0.3) is 11.2 Å². The summed E-state index contributed by atoms with van der Waals surface area (Å²) in [5, 5.41) is 35.0. The molecular weight excluding hydrogens is 820 g/mol. The summed E-state index contributed by atoms with van der Waals surface area (Å²) in [5.74, 6) is -2.00. The number of esters is 1. The van der Waals surface area contributed by atoms with Gasteiger partial charge in [-0.25, -0.2) is 29.1 Å². The van der Waals surface area contributed by atoms with Gasteiger partial charge in [-0.05, 0) is 19.4 Å². The second-order valence-corrected chi connectivity index (χ2v) is 16.3. The largest absolute Gasteiger partial charge is 0.469 e. The number of phosphoric ester groups is 1. The van der Waals surface area contributed by atoms with Gasteiger partial charge in [-0.15, -0.1) is 6.58 Å². The highest BCUT2D eigenvalue weighted by molar-refractivity contribution is 7.53. The molecule has 1 unspecified atom stereocenters. The quantitative estimate of drug-likeness (QED) is 0.0334. The molecule has 11 atom stereocenters. The zero-order valence-electron chi connectivity index (χ0n) is 30.5. The monoisotopic (exact) mass is 863 g/mol. The molecule has 2 fully saturated rings. The normalized spacial score (nSPS) is 26.9. The van der Waals surface area contributed by atoms with Crippen molar-refractivity contribution in [2.75, 3.05) is 37.9 Å². The van der Waals surface area contributed by atoms with Gasteiger partial charge in [0, 0.05) is 12.6 Å². The number of hydrogen-bond donors (Lipinski definition) is 9. The first kappa shape index (κ1) is 44.8. The fourth-order valence-electron chi connectivity index (χ4n) is 6.08. The molecule has 28 heteroatoms. The second-order valence-electron chi connectivity index (χ2n) is 13.1. The van der Waals surface area contributed by atoms with E-state index in [1.807, 2.05) is 0 Å². The third-order valence-corrected chi connectivity index (χ3v) is 11.1. The number of hydrogen-bond acceptors (Lipinski definition) is 20. The van der Waals surface area contributed by atoms with Crippen molar-refractivity contribution in [2.45, 2.75) is 80.5 Å². The van der Waals surface area contributed by atoms with Crippen LogP contribution < -0.4 is 22.5 Å². The molecule has 0 bridgehead atoms. The number of aromatic nitrogens is 6. The SMILES string of the molecule is C=CCCC(=O)N[C@@H](COC[C@H](C)O)C(=O)O[C@H]1[C@@H](O)[C@H](n2cnc3c(N)ncnc32)O[C@@H]1COP(=O)(O)[C@H]1[C@@H](O)[C@H](n2ccc(N)nc2=O)O[C@@H]1COP(=O)(O)O. The van der Waals surface area contributed by atoms with Crippen molar-refractivity contribution in [3.63, 3.8) is 0 Å². The third-order valence-electron chi connectivity index (χ3n) is 8.73. The highest BCUT2D eigenvalue weighted by Crippen LogP contribution is 2.56. The number of nitrogens with zero attached hydrogens (tertiary/aromatic N) is 6. The number of anilines is 2. The Morgan fingerprint density at radius 2 is 1.72 bits per heavy atom. The van der Waals surface area contributed by atoms with E-state index in [4.69, 9.17) is 34.9 Å². The maximum atomic E-state index is 14.0. The van der Waals surface area contributed by atoms with Crippen LogP contribution in [0.15, 0.2) is 42.4 Å². The average molecular weight is 864 g/mol. The number of carbonyl (C=O) groups is 2. The molecule has 26 nitrogen and oxygen atoms in total. The van der Waals surface area contributed by atoms with Crippen molar-refractivity contribution in [2.24, 2.45) is 0 Å². The van der Waals surface area contributed by atoms with Crippen LogP contribution >= 0.6 is 15.4 Å². The van der Waals surface area contributed by atoms with Crippen LogP contribution in [0.1, 0.15) is 32.2 Å².